The van der Waals surface area contributed by atoms with Crippen LogP contribution in [0.1, 0.15) is 40.5 Å². The van der Waals surface area contributed by atoms with E-state index in [2.05, 4.69) is 43.3 Å². The molecule has 1 aromatic rings. The molecule has 0 amide bonds. The molecule has 0 radical (unpaired) electrons. The zero-order chi connectivity index (χ0) is 14.6. The summed E-state index contributed by atoms with van der Waals surface area (Å²) in [5.41, 5.74) is 0.238. The molecule has 5 nitrogen and oxygen atoms in total. The Labute approximate surface area is 122 Å². The largest absolute Gasteiger partial charge is 0.377 e. The van der Waals surface area contributed by atoms with E-state index in [1.54, 1.807) is 6.20 Å². The standard InChI is InChI=1S/C15H28N4O/c1-12(2)11-20-14-10-13(15(14,3)4)16-6-5-8-19-9-7-17-18-19/h7,9,12-14,16H,5-6,8,10-11H2,1-4H3. The van der Waals surface area contributed by atoms with Crippen molar-refractivity contribution in [1.82, 2.24) is 20.3 Å². The van der Waals surface area contributed by atoms with Crippen molar-refractivity contribution in [3.63, 3.8) is 0 Å². The van der Waals surface area contributed by atoms with Crippen LogP contribution in [0.25, 0.3) is 0 Å². The minimum atomic E-state index is 0.238. The van der Waals surface area contributed by atoms with Gasteiger partial charge in [-0.2, -0.15) is 0 Å². The third-order valence-electron chi connectivity index (χ3n) is 4.24. The first-order valence-corrected chi connectivity index (χ1v) is 7.69. The van der Waals surface area contributed by atoms with Gasteiger partial charge in [-0.3, -0.25) is 4.68 Å². The van der Waals surface area contributed by atoms with Gasteiger partial charge in [0.25, 0.3) is 0 Å². The van der Waals surface area contributed by atoms with Gasteiger partial charge in [-0.1, -0.05) is 32.9 Å². The molecular formula is C15H28N4O. The van der Waals surface area contributed by atoms with E-state index < -0.39 is 0 Å². The van der Waals surface area contributed by atoms with Crippen molar-refractivity contribution in [1.29, 1.82) is 0 Å². The lowest BCUT2D eigenvalue weighted by molar-refractivity contribution is -0.123. The Morgan fingerprint density at radius 1 is 1.45 bits per heavy atom. The van der Waals surface area contributed by atoms with E-state index in [0.29, 0.717) is 18.1 Å². The van der Waals surface area contributed by atoms with Crippen LogP contribution >= 0.6 is 0 Å². The number of aryl methyl sites for hydroxylation is 1. The molecule has 0 bridgehead atoms. The molecule has 1 heterocycles. The smallest absolute Gasteiger partial charge is 0.0692 e. The lowest BCUT2D eigenvalue weighted by Gasteiger charge is -2.52. The Morgan fingerprint density at radius 2 is 2.25 bits per heavy atom. The minimum absolute atomic E-state index is 0.238. The van der Waals surface area contributed by atoms with Gasteiger partial charge in [-0.25, -0.2) is 0 Å². The predicted molar refractivity (Wildman–Crippen MR) is 79.4 cm³/mol. The Balaban J connectivity index is 1.62. The van der Waals surface area contributed by atoms with Crippen molar-refractivity contribution in [2.24, 2.45) is 11.3 Å². The van der Waals surface area contributed by atoms with E-state index in [1.165, 1.54) is 0 Å². The van der Waals surface area contributed by atoms with E-state index in [0.717, 1.165) is 32.5 Å². The fraction of sp³-hybridized carbons (Fsp3) is 0.867. The SMILES string of the molecule is CC(C)COC1CC(NCCCn2ccnn2)C1(C)C. The monoisotopic (exact) mass is 280 g/mol. The van der Waals surface area contributed by atoms with E-state index in [1.807, 2.05) is 10.9 Å². The molecule has 1 saturated carbocycles. The summed E-state index contributed by atoms with van der Waals surface area (Å²) < 4.78 is 7.86. The first-order valence-electron chi connectivity index (χ1n) is 7.69. The maximum absolute atomic E-state index is 5.99. The first-order chi connectivity index (χ1) is 9.50. The molecule has 1 N–H and O–H groups in total. The molecule has 0 aromatic carbocycles. The summed E-state index contributed by atoms with van der Waals surface area (Å²) in [7, 11) is 0. The van der Waals surface area contributed by atoms with Gasteiger partial charge in [0.05, 0.1) is 12.3 Å². The highest BCUT2D eigenvalue weighted by molar-refractivity contribution is 5.02. The maximum atomic E-state index is 5.99. The van der Waals surface area contributed by atoms with Gasteiger partial charge in [-0.05, 0) is 25.3 Å². The number of aromatic nitrogens is 3. The van der Waals surface area contributed by atoms with Gasteiger partial charge < -0.3 is 10.1 Å². The molecule has 1 fully saturated rings. The molecule has 2 rings (SSSR count). The van der Waals surface area contributed by atoms with E-state index in [-0.39, 0.29) is 5.41 Å². The molecule has 0 spiro atoms. The van der Waals surface area contributed by atoms with E-state index >= 15 is 0 Å². The van der Waals surface area contributed by atoms with Crippen LogP contribution in [0.4, 0.5) is 0 Å². The fourth-order valence-electron chi connectivity index (χ4n) is 2.69. The molecule has 0 saturated heterocycles. The second-order valence-electron chi connectivity index (χ2n) is 6.80. The van der Waals surface area contributed by atoms with Crippen LogP contribution < -0.4 is 5.32 Å². The van der Waals surface area contributed by atoms with E-state index in [9.17, 15) is 0 Å². The number of nitrogens with one attached hydrogen (secondary N) is 1. The molecule has 2 unspecified atom stereocenters. The molecule has 2 atom stereocenters. The highest BCUT2D eigenvalue weighted by Gasteiger charge is 2.48. The van der Waals surface area contributed by atoms with Gasteiger partial charge in [0.2, 0.25) is 0 Å². The molecular weight excluding hydrogens is 252 g/mol. The van der Waals surface area contributed by atoms with Crippen LogP contribution in [-0.4, -0.2) is 40.3 Å². The third-order valence-corrected chi connectivity index (χ3v) is 4.24. The molecule has 114 valence electrons. The molecule has 20 heavy (non-hydrogen) atoms. The second kappa shape index (κ2) is 6.68. The van der Waals surface area contributed by atoms with Crippen molar-refractivity contribution in [3.05, 3.63) is 12.4 Å². The summed E-state index contributed by atoms with van der Waals surface area (Å²) in [5, 5.41) is 11.4. The molecule has 1 aromatic heterocycles. The number of hydrogen-bond acceptors (Lipinski definition) is 4. The highest BCUT2D eigenvalue weighted by Crippen LogP contribution is 2.42. The van der Waals surface area contributed by atoms with Gasteiger partial charge in [0.1, 0.15) is 0 Å². The van der Waals surface area contributed by atoms with Crippen LogP contribution in [-0.2, 0) is 11.3 Å². The molecule has 1 aliphatic carbocycles. The van der Waals surface area contributed by atoms with Crippen LogP contribution in [0.15, 0.2) is 12.4 Å². The van der Waals surface area contributed by atoms with Crippen molar-refractivity contribution < 1.29 is 4.74 Å². The third kappa shape index (κ3) is 3.79. The fourth-order valence-corrected chi connectivity index (χ4v) is 2.69. The zero-order valence-corrected chi connectivity index (χ0v) is 13.2. The molecule has 0 aliphatic heterocycles. The van der Waals surface area contributed by atoms with E-state index in [4.69, 9.17) is 4.74 Å². The highest BCUT2D eigenvalue weighted by atomic mass is 16.5. The summed E-state index contributed by atoms with van der Waals surface area (Å²) in [5.74, 6) is 0.612. The average molecular weight is 280 g/mol. The van der Waals surface area contributed by atoms with Gasteiger partial charge in [0.15, 0.2) is 0 Å². The number of ether oxygens (including phenoxy) is 1. The summed E-state index contributed by atoms with van der Waals surface area (Å²) in [6.45, 7) is 11.8. The van der Waals surface area contributed by atoms with Crippen LogP contribution in [0, 0.1) is 11.3 Å². The lowest BCUT2D eigenvalue weighted by atomic mass is 9.64. The van der Waals surface area contributed by atoms with Crippen LogP contribution in [0.5, 0.6) is 0 Å². The van der Waals surface area contributed by atoms with Crippen molar-refractivity contribution in [2.75, 3.05) is 13.2 Å². The minimum Gasteiger partial charge on any atom is -0.377 e. The van der Waals surface area contributed by atoms with Gasteiger partial charge >= 0.3 is 0 Å². The number of rotatable bonds is 8. The Kier molecular flexibility index (Phi) is 5.16. The van der Waals surface area contributed by atoms with Crippen LogP contribution in [0.2, 0.25) is 0 Å². The molecule has 5 heteroatoms. The number of hydrogen-bond donors (Lipinski definition) is 1. The Morgan fingerprint density at radius 3 is 2.85 bits per heavy atom. The van der Waals surface area contributed by atoms with Crippen molar-refractivity contribution in [3.8, 4) is 0 Å². The maximum Gasteiger partial charge on any atom is 0.0692 e. The summed E-state index contributed by atoms with van der Waals surface area (Å²) in [6, 6.07) is 0.565. The Bertz CT molecular complexity index is 389. The van der Waals surface area contributed by atoms with Crippen molar-refractivity contribution in [2.45, 2.75) is 59.2 Å². The first kappa shape index (κ1) is 15.4. The van der Waals surface area contributed by atoms with Crippen molar-refractivity contribution >= 4 is 0 Å². The van der Waals surface area contributed by atoms with Gasteiger partial charge in [-0.15, -0.1) is 5.10 Å². The summed E-state index contributed by atoms with van der Waals surface area (Å²) >= 11 is 0. The topological polar surface area (TPSA) is 52.0 Å². The normalized spacial score (nSPS) is 24.9. The quantitative estimate of drug-likeness (QED) is 0.741. The predicted octanol–water partition coefficient (Wildman–Crippen LogP) is 2.10. The van der Waals surface area contributed by atoms with Crippen LogP contribution in [0.3, 0.4) is 0 Å². The lowest BCUT2D eigenvalue weighted by Crippen LogP contribution is -2.61. The second-order valence-corrected chi connectivity index (χ2v) is 6.80. The Hall–Kier alpha value is -0.940. The average Bonchev–Trinajstić information content (AvgIpc) is 2.88. The summed E-state index contributed by atoms with van der Waals surface area (Å²) in [6.07, 6.45) is 6.23. The molecule has 1 aliphatic rings. The van der Waals surface area contributed by atoms with Gasteiger partial charge in [0, 0.05) is 30.8 Å². The zero-order valence-electron chi connectivity index (χ0n) is 13.2. The number of nitrogens with zero attached hydrogens (tertiary/aromatic N) is 3. The summed E-state index contributed by atoms with van der Waals surface area (Å²) in [4.78, 5) is 0.